The molecule has 0 saturated heterocycles. The Balaban J connectivity index is 3.01. The van der Waals surface area contributed by atoms with Crippen LogP contribution in [0.1, 0.15) is 11.1 Å². The van der Waals surface area contributed by atoms with Gasteiger partial charge in [-0.25, -0.2) is 0 Å². The molecule has 0 spiro atoms. The molecule has 0 N–H and O–H groups in total. The summed E-state index contributed by atoms with van der Waals surface area (Å²) in [7, 11) is 1.65. The summed E-state index contributed by atoms with van der Waals surface area (Å²) in [5.41, 5.74) is 2.08. The van der Waals surface area contributed by atoms with E-state index in [0.717, 1.165) is 16.9 Å². The number of aryl methyl sites for hydroxylation is 1. The van der Waals surface area contributed by atoms with E-state index in [0.29, 0.717) is 5.88 Å². The van der Waals surface area contributed by atoms with Crippen LogP contribution < -0.4 is 4.74 Å². The van der Waals surface area contributed by atoms with Crippen molar-refractivity contribution in [1.29, 1.82) is 0 Å². The second kappa shape index (κ2) is 4.79. The van der Waals surface area contributed by atoms with Gasteiger partial charge in [-0.1, -0.05) is 11.8 Å². The molecule has 0 unspecified atom stereocenters. The molecule has 1 aromatic carbocycles. The number of hydrogen-bond acceptors (Lipinski definition) is 1. The van der Waals surface area contributed by atoms with Crippen LogP contribution in [0.5, 0.6) is 5.75 Å². The Bertz CT molecular complexity index is 347. The first kappa shape index (κ1) is 9.95. The van der Waals surface area contributed by atoms with Gasteiger partial charge in [-0.05, 0) is 30.7 Å². The second-order valence-corrected chi connectivity index (χ2v) is 2.94. The molecule has 0 aromatic heterocycles. The number of alkyl halides is 1. The van der Waals surface area contributed by atoms with Gasteiger partial charge in [-0.3, -0.25) is 0 Å². The van der Waals surface area contributed by atoms with Crippen molar-refractivity contribution < 1.29 is 4.74 Å². The van der Waals surface area contributed by atoms with Crippen molar-refractivity contribution in [3.05, 3.63) is 29.3 Å². The van der Waals surface area contributed by atoms with Crippen molar-refractivity contribution in [1.82, 2.24) is 0 Å². The highest BCUT2D eigenvalue weighted by atomic mass is 35.5. The van der Waals surface area contributed by atoms with Gasteiger partial charge in [0.15, 0.2) is 0 Å². The van der Waals surface area contributed by atoms with Gasteiger partial charge in [0.05, 0.1) is 13.0 Å². The quantitative estimate of drug-likeness (QED) is 0.493. The zero-order chi connectivity index (χ0) is 9.68. The van der Waals surface area contributed by atoms with Crippen LogP contribution in [0, 0.1) is 18.8 Å². The highest BCUT2D eigenvalue weighted by molar-refractivity contribution is 6.19. The molecule has 0 aliphatic heterocycles. The van der Waals surface area contributed by atoms with E-state index in [2.05, 4.69) is 11.8 Å². The minimum Gasteiger partial charge on any atom is -0.497 e. The summed E-state index contributed by atoms with van der Waals surface area (Å²) in [6, 6.07) is 5.86. The van der Waals surface area contributed by atoms with Crippen molar-refractivity contribution in [2.45, 2.75) is 6.92 Å². The first-order valence-electron chi connectivity index (χ1n) is 3.97. The zero-order valence-corrected chi connectivity index (χ0v) is 8.48. The minimum absolute atomic E-state index is 0.357. The van der Waals surface area contributed by atoms with Crippen LogP contribution in [0.3, 0.4) is 0 Å². The standard InChI is InChI=1S/C11H11ClO/c1-9-6-10(4-3-5-12)8-11(7-9)13-2/h6-8H,5H2,1-2H3. The number of halogens is 1. The SMILES string of the molecule is COc1cc(C)cc(C#CCCl)c1. The first-order chi connectivity index (χ1) is 6.26. The van der Waals surface area contributed by atoms with E-state index in [1.807, 2.05) is 25.1 Å². The second-order valence-electron chi connectivity index (χ2n) is 2.67. The number of benzene rings is 1. The van der Waals surface area contributed by atoms with Gasteiger partial charge < -0.3 is 4.74 Å². The lowest BCUT2D eigenvalue weighted by atomic mass is 10.1. The molecular weight excluding hydrogens is 184 g/mol. The van der Waals surface area contributed by atoms with E-state index < -0.39 is 0 Å². The Morgan fingerprint density at radius 2 is 2.15 bits per heavy atom. The van der Waals surface area contributed by atoms with Gasteiger partial charge in [-0.15, -0.1) is 11.6 Å². The fourth-order valence-corrected chi connectivity index (χ4v) is 1.14. The molecule has 2 heteroatoms. The number of rotatable bonds is 1. The molecule has 68 valence electrons. The van der Waals surface area contributed by atoms with Gasteiger partial charge in [0, 0.05) is 5.56 Å². The van der Waals surface area contributed by atoms with Gasteiger partial charge in [0.1, 0.15) is 5.75 Å². The van der Waals surface area contributed by atoms with Crippen LogP contribution in [-0.2, 0) is 0 Å². The maximum atomic E-state index is 5.46. The summed E-state index contributed by atoms with van der Waals surface area (Å²) in [6.45, 7) is 2.01. The van der Waals surface area contributed by atoms with Crippen LogP contribution in [0.4, 0.5) is 0 Å². The fraction of sp³-hybridized carbons (Fsp3) is 0.273. The predicted molar refractivity (Wildman–Crippen MR) is 55.3 cm³/mol. The highest BCUT2D eigenvalue weighted by Crippen LogP contribution is 2.15. The van der Waals surface area contributed by atoms with E-state index in [4.69, 9.17) is 16.3 Å². The fourth-order valence-electron chi connectivity index (χ4n) is 1.07. The lowest BCUT2D eigenvalue weighted by Crippen LogP contribution is -1.85. The maximum Gasteiger partial charge on any atom is 0.120 e. The molecular formula is C11H11ClO. The Morgan fingerprint density at radius 1 is 1.38 bits per heavy atom. The Hall–Kier alpha value is -1.13. The molecule has 13 heavy (non-hydrogen) atoms. The van der Waals surface area contributed by atoms with Crippen molar-refractivity contribution in [2.24, 2.45) is 0 Å². The van der Waals surface area contributed by atoms with Gasteiger partial charge >= 0.3 is 0 Å². The van der Waals surface area contributed by atoms with Crippen LogP contribution in [0.15, 0.2) is 18.2 Å². The highest BCUT2D eigenvalue weighted by Gasteiger charge is 1.94. The predicted octanol–water partition coefficient (Wildman–Crippen LogP) is 2.59. The average Bonchev–Trinajstić information content (AvgIpc) is 2.14. The molecule has 1 rings (SSSR count). The summed E-state index contributed by atoms with van der Waals surface area (Å²) in [5.74, 6) is 6.94. The molecule has 0 aliphatic rings. The van der Waals surface area contributed by atoms with E-state index in [1.54, 1.807) is 7.11 Å². The van der Waals surface area contributed by atoms with Crippen LogP contribution in [0.25, 0.3) is 0 Å². The van der Waals surface area contributed by atoms with Gasteiger partial charge in [0.2, 0.25) is 0 Å². The van der Waals surface area contributed by atoms with Crippen molar-refractivity contribution >= 4 is 11.6 Å². The Morgan fingerprint density at radius 3 is 2.77 bits per heavy atom. The number of hydrogen-bond donors (Lipinski definition) is 0. The molecule has 0 fully saturated rings. The third-order valence-electron chi connectivity index (χ3n) is 1.59. The summed E-state index contributed by atoms with van der Waals surface area (Å²) in [4.78, 5) is 0. The Kier molecular flexibility index (Phi) is 3.67. The Labute approximate surface area is 83.7 Å². The first-order valence-corrected chi connectivity index (χ1v) is 4.50. The van der Waals surface area contributed by atoms with Gasteiger partial charge in [-0.2, -0.15) is 0 Å². The molecule has 1 aromatic rings. The van der Waals surface area contributed by atoms with E-state index >= 15 is 0 Å². The maximum absolute atomic E-state index is 5.46. The van der Waals surface area contributed by atoms with E-state index in [9.17, 15) is 0 Å². The number of methoxy groups -OCH3 is 1. The minimum atomic E-state index is 0.357. The van der Waals surface area contributed by atoms with E-state index in [1.165, 1.54) is 0 Å². The lowest BCUT2D eigenvalue weighted by Gasteiger charge is -2.01. The summed E-state index contributed by atoms with van der Waals surface area (Å²) in [6.07, 6.45) is 0. The molecule has 0 saturated carbocycles. The van der Waals surface area contributed by atoms with Crippen molar-refractivity contribution in [3.63, 3.8) is 0 Å². The molecule has 0 atom stereocenters. The molecule has 0 aliphatic carbocycles. The van der Waals surface area contributed by atoms with Gasteiger partial charge in [0.25, 0.3) is 0 Å². The summed E-state index contributed by atoms with van der Waals surface area (Å²) < 4.78 is 5.11. The average molecular weight is 195 g/mol. The third-order valence-corrected chi connectivity index (χ3v) is 1.72. The van der Waals surface area contributed by atoms with E-state index in [-0.39, 0.29) is 0 Å². The van der Waals surface area contributed by atoms with Crippen LogP contribution in [0.2, 0.25) is 0 Å². The smallest absolute Gasteiger partial charge is 0.120 e. The molecule has 0 amide bonds. The topological polar surface area (TPSA) is 9.23 Å². The monoisotopic (exact) mass is 194 g/mol. The summed E-state index contributed by atoms with van der Waals surface area (Å²) >= 11 is 5.46. The largest absolute Gasteiger partial charge is 0.497 e. The zero-order valence-electron chi connectivity index (χ0n) is 7.73. The third kappa shape index (κ3) is 3.01. The number of ether oxygens (including phenoxy) is 1. The molecule has 0 heterocycles. The molecule has 0 bridgehead atoms. The van der Waals surface area contributed by atoms with Crippen LogP contribution >= 0.6 is 11.6 Å². The molecule has 0 radical (unpaired) electrons. The lowest BCUT2D eigenvalue weighted by molar-refractivity contribution is 0.414. The van der Waals surface area contributed by atoms with Crippen molar-refractivity contribution in [3.8, 4) is 17.6 Å². The van der Waals surface area contributed by atoms with Crippen molar-refractivity contribution in [2.75, 3.05) is 13.0 Å². The summed E-state index contributed by atoms with van der Waals surface area (Å²) in [5, 5.41) is 0. The van der Waals surface area contributed by atoms with Crippen LogP contribution in [-0.4, -0.2) is 13.0 Å². The molecule has 1 nitrogen and oxygen atoms in total. The normalized spacial score (nSPS) is 8.85.